The molecule has 6 heteroatoms. The van der Waals surface area contributed by atoms with Gasteiger partial charge in [0.1, 0.15) is 5.82 Å². The van der Waals surface area contributed by atoms with E-state index in [9.17, 15) is 9.18 Å². The fourth-order valence-corrected chi connectivity index (χ4v) is 4.10. The van der Waals surface area contributed by atoms with Crippen molar-refractivity contribution in [3.05, 3.63) is 56.4 Å². The Labute approximate surface area is 147 Å². The fraction of sp³-hybridized carbons (Fsp3) is 0.353. The summed E-state index contributed by atoms with van der Waals surface area (Å²) < 4.78 is 14.5. The minimum Gasteiger partial charge on any atom is -0.350 e. The van der Waals surface area contributed by atoms with E-state index < -0.39 is 5.82 Å². The number of carbonyl (C=O) groups excluding carboxylic acids is 1. The van der Waals surface area contributed by atoms with Gasteiger partial charge in [-0.15, -0.1) is 11.3 Å². The Morgan fingerprint density at radius 2 is 2.13 bits per heavy atom. The smallest absolute Gasteiger partial charge is 0.254 e. The quantitative estimate of drug-likeness (QED) is 0.820. The zero-order chi connectivity index (χ0) is 16.2. The Hall–Kier alpha value is -1.24. The molecule has 0 aliphatic carbocycles. The maximum Gasteiger partial charge on any atom is 0.254 e. The maximum atomic E-state index is 13.9. The molecule has 1 N–H and O–H groups in total. The molecule has 0 saturated carbocycles. The second-order valence-electron chi connectivity index (χ2n) is 5.61. The third-order valence-electron chi connectivity index (χ3n) is 4.08. The molecule has 3 rings (SSSR count). The molecule has 0 spiro atoms. The number of nitrogens with zero attached hydrogens (tertiary/aromatic N) is 1. The molecule has 0 bridgehead atoms. The molecule has 0 radical (unpaired) electrons. The molecule has 23 heavy (non-hydrogen) atoms. The van der Waals surface area contributed by atoms with Crippen molar-refractivity contribution in [2.24, 2.45) is 0 Å². The van der Waals surface area contributed by atoms with Gasteiger partial charge in [-0.05, 0) is 55.6 Å². The molecule has 1 fully saturated rings. The number of carbonyl (C=O) groups is 1. The van der Waals surface area contributed by atoms with Crippen LogP contribution in [0.3, 0.4) is 0 Å². The van der Waals surface area contributed by atoms with Gasteiger partial charge in [0.15, 0.2) is 0 Å². The van der Waals surface area contributed by atoms with Gasteiger partial charge in [0, 0.05) is 15.9 Å². The summed E-state index contributed by atoms with van der Waals surface area (Å²) in [5, 5.41) is 4.95. The number of halogens is 2. The van der Waals surface area contributed by atoms with Crippen molar-refractivity contribution in [3.63, 3.8) is 0 Å². The van der Waals surface area contributed by atoms with Gasteiger partial charge >= 0.3 is 0 Å². The van der Waals surface area contributed by atoms with Crippen LogP contribution in [0.5, 0.6) is 0 Å². The van der Waals surface area contributed by atoms with Crippen molar-refractivity contribution in [2.45, 2.75) is 18.9 Å². The molecular weight excluding hydrogens is 379 g/mol. The first-order valence-corrected chi connectivity index (χ1v) is 9.33. The largest absolute Gasteiger partial charge is 0.350 e. The Morgan fingerprint density at radius 3 is 2.78 bits per heavy atom. The summed E-state index contributed by atoms with van der Waals surface area (Å²) in [5.74, 6) is -0.874. The lowest BCUT2D eigenvalue weighted by Crippen LogP contribution is -2.36. The van der Waals surface area contributed by atoms with E-state index in [1.54, 1.807) is 17.4 Å². The van der Waals surface area contributed by atoms with Crippen molar-refractivity contribution in [3.8, 4) is 0 Å². The normalized spacial score (nSPS) is 16.4. The average Bonchev–Trinajstić information content (AvgIpc) is 3.21. The molecule has 2 aromatic rings. The average molecular weight is 397 g/mol. The third kappa shape index (κ3) is 4.00. The SMILES string of the molecule is O=C(NCC(c1cccs1)N1CCCC1)c1ccc(Br)cc1F. The van der Waals surface area contributed by atoms with Crippen molar-refractivity contribution in [1.82, 2.24) is 10.2 Å². The molecule has 1 amide bonds. The van der Waals surface area contributed by atoms with Crippen molar-refractivity contribution < 1.29 is 9.18 Å². The first-order chi connectivity index (χ1) is 11.1. The van der Waals surface area contributed by atoms with E-state index in [0.29, 0.717) is 11.0 Å². The molecular formula is C17H18BrFN2OS. The lowest BCUT2D eigenvalue weighted by Gasteiger charge is -2.27. The Morgan fingerprint density at radius 1 is 1.35 bits per heavy atom. The monoisotopic (exact) mass is 396 g/mol. The Kier molecular flexibility index (Phi) is 5.46. The minimum absolute atomic E-state index is 0.0829. The van der Waals surface area contributed by atoms with Gasteiger partial charge in [-0.2, -0.15) is 0 Å². The molecule has 1 aliphatic heterocycles. The summed E-state index contributed by atoms with van der Waals surface area (Å²) in [6.45, 7) is 2.59. The van der Waals surface area contributed by atoms with Crippen molar-refractivity contribution >= 4 is 33.2 Å². The molecule has 1 saturated heterocycles. The number of nitrogens with one attached hydrogen (secondary N) is 1. The summed E-state index contributed by atoms with van der Waals surface area (Å²) in [5.41, 5.74) is 0.0829. The lowest BCUT2D eigenvalue weighted by atomic mass is 10.1. The van der Waals surface area contributed by atoms with Crippen LogP contribution in [0.25, 0.3) is 0 Å². The van der Waals surface area contributed by atoms with Gasteiger partial charge in [0.25, 0.3) is 5.91 Å². The van der Waals surface area contributed by atoms with Crippen LogP contribution >= 0.6 is 27.3 Å². The second kappa shape index (κ2) is 7.55. The molecule has 2 heterocycles. The Balaban J connectivity index is 1.69. The standard InChI is InChI=1S/C17H18BrFN2OS/c18-12-5-6-13(14(19)10-12)17(22)20-11-15(16-4-3-9-23-16)21-7-1-2-8-21/h3-6,9-10,15H,1-2,7-8,11H2,(H,20,22). The minimum atomic E-state index is -0.509. The summed E-state index contributed by atoms with van der Waals surface area (Å²) in [6, 6.07) is 8.78. The molecule has 1 atom stereocenters. The van der Waals surface area contributed by atoms with Crippen LogP contribution in [0, 0.1) is 5.82 Å². The predicted molar refractivity (Wildman–Crippen MR) is 94.3 cm³/mol. The molecule has 1 aromatic carbocycles. The van der Waals surface area contributed by atoms with E-state index in [1.807, 2.05) is 6.07 Å². The van der Waals surface area contributed by atoms with Gasteiger partial charge in [0.05, 0.1) is 11.6 Å². The van der Waals surface area contributed by atoms with Crippen LogP contribution in [0.2, 0.25) is 0 Å². The van der Waals surface area contributed by atoms with Crippen LogP contribution in [-0.2, 0) is 0 Å². The number of hydrogen-bond donors (Lipinski definition) is 1. The van der Waals surface area contributed by atoms with Gasteiger partial charge in [-0.3, -0.25) is 9.69 Å². The third-order valence-corrected chi connectivity index (χ3v) is 5.55. The Bertz CT molecular complexity index is 671. The van der Waals surface area contributed by atoms with E-state index in [2.05, 4.69) is 37.6 Å². The molecule has 1 unspecified atom stereocenters. The number of amides is 1. The highest BCUT2D eigenvalue weighted by atomic mass is 79.9. The van der Waals surface area contributed by atoms with Crippen LogP contribution in [0.4, 0.5) is 4.39 Å². The van der Waals surface area contributed by atoms with Crippen LogP contribution in [0.15, 0.2) is 40.2 Å². The van der Waals surface area contributed by atoms with E-state index in [-0.39, 0.29) is 17.5 Å². The molecule has 122 valence electrons. The van der Waals surface area contributed by atoms with Crippen molar-refractivity contribution in [2.75, 3.05) is 19.6 Å². The van der Waals surface area contributed by atoms with Gasteiger partial charge in [-0.1, -0.05) is 22.0 Å². The highest BCUT2D eigenvalue weighted by Gasteiger charge is 2.25. The van der Waals surface area contributed by atoms with Gasteiger partial charge in [-0.25, -0.2) is 4.39 Å². The summed E-state index contributed by atoms with van der Waals surface area (Å²) in [7, 11) is 0. The summed E-state index contributed by atoms with van der Waals surface area (Å²) in [6.07, 6.45) is 2.38. The van der Waals surface area contributed by atoms with E-state index >= 15 is 0 Å². The highest BCUT2D eigenvalue weighted by molar-refractivity contribution is 9.10. The first kappa shape index (κ1) is 16.6. The van der Waals surface area contributed by atoms with Gasteiger partial charge in [0.2, 0.25) is 0 Å². The van der Waals surface area contributed by atoms with Gasteiger partial charge < -0.3 is 5.32 Å². The van der Waals surface area contributed by atoms with Crippen LogP contribution in [0.1, 0.15) is 34.1 Å². The number of benzene rings is 1. The number of rotatable bonds is 5. The zero-order valence-corrected chi connectivity index (χ0v) is 15.0. The van der Waals surface area contributed by atoms with E-state index in [4.69, 9.17) is 0 Å². The summed E-state index contributed by atoms with van der Waals surface area (Å²) >= 11 is 4.90. The van der Waals surface area contributed by atoms with Crippen LogP contribution < -0.4 is 5.32 Å². The number of likely N-dealkylation sites (tertiary alicyclic amines) is 1. The predicted octanol–water partition coefficient (Wildman–Crippen LogP) is 4.22. The van der Waals surface area contributed by atoms with E-state index in [1.165, 1.54) is 29.9 Å². The highest BCUT2D eigenvalue weighted by Crippen LogP contribution is 2.28. The number of hydrogen-bond acceptors (Lipinski definition) is 3. The maximum absolute atomic E-state index is 13.9. The first-order valence-electron chi connectivity index (χ1n) is 7.66. The second-order valence-corrected chi connectivity index (χ2v) is 7.50. The van der Waals surface area contributed by atoms with Crippen LogP contribution in [-0.4, -0.2) is 30.4 Å². The topological polar surface area (TPSA) is 32.3 Å². The fourth-order valence-electron chi connectivity index (χ4n) is 2.90. The molecule has 1 aliphatic rings. The lowest BCUT2D eigenvalue weighted by molar-refractivity contribution is 0.0934. The van der Waals surface area contributed by atoms with Crippen molar-refractivity contribution in [1.29, 1.82) is 0 Å². The number of thiophene rings is 1. The van der Waals surface area contributed by atoms with E-state index in [0.717, 1.165) is 13.1 Å². The molecule has 1 aromatic heterocycles. The molecule has 3 nitrogen and oxygen atoms in total. The summed E-state index contributed by atoms with van der Waals surface area (Å²) in [4.78, 5) is 15.9. The zero-order valence-electron chi connectivity index (χ0n) is 12.6.